The number of rotatable bonds is 7. The van der Waals surface area contributed by atoms with Gasteiger partial charge < -0.3 is 4.74 Å². The highest BCUT2D eigenvalue weighted by molar-refractivity contribution is 7.92. The number of aromatic nitrogens is 3. The molecule has 0 spiro atoms. The summed E-state index contributed by atoms with van der Waals surface area (Å²) in [5.74, 6) is 0.0964. The average Bonchev–Trinajstić information content (AvgIpc) is 2.96. The van der Waals surface area contributed by atoms with Crippen LogP contribution in [0.5, 0.6) is 5.88 Å². The van der Waals surface area contributed by atoms with E-state index in [-0.39, 0.29) is 23.2 Å². The van der Waals surface area contributed by atoms with E-state index in [2.05, 4.69) is 19.7 Å². The number of nitrogens with one attached hydrogen (secondary N) is 1. The highest BCUT2D eigenvalue weighted by atomic mass is 32.2. The molecule has 0 aliphatic carbocycles. The van der Waals surface area contributed by atoms with Gasteiger partial charge in [-0.2, -0.15) is 0 Å². The summed E-state index contributed by atoms with van der Waals surface area (Å²) in [6.07, 6.45) is 3.35. The van der Waals surface area contributed by atoms with Gasteiger partial charge in [0.2, 0.25) is 5.82 Å². The van der Waals surface area contributed by atoms with Gasteiger partial charge in [-0.05, 0) is 40.6 Å². The van der Waals surface area contributed by atoms with Gasteiger partial charge in [-0.25, -0.2) is 18.4 Å². The molecule has 0 bridgehead atoms. The Morgan fingerprint density at radius 1 is 0.711 bits per heavy atom. The third kappa shape index (κ3) is 4.65. The molecule has 0 radical (unpaired) electrons. The molecule has 1 N–H and O–H groups in total. The van der Waals surface area contributed by atoms with Crippen LogP contribution in [0.4, 0.5) is 5.82 Å². The number of pyridine rings is 1. The number of fused-ring (bicyclic) bond motifs is 2. The molecule has 0 unspecified atom stereocenters. The Morgan fingerprint density at radius 3 is 2.26 bits per heavy atom. The predicted molar refractivity (Wildman–Crippen MR) is 148 cm³/mol. The number of anilines is 1. The summed E-state index contributed by atoms with van der Waals surface area (Å²) in [7, 11) is -4.08. The van der Waals surface area contributed by atoms with Crippen LogP contribution in [-0.4, -0.2) is 23.4 Å². The molecule has 0 fully saturated rings. The van der Waals surface area contributed by atoms with Crippen LogP contribution in [0.1, 0.15) is 5.56 Å². The fraction of sp³-hybridized carbons (Fsp3) is 0.0333. The summed E-state index contributed by atoms with van der Waals surface area (Å²) in [6, 6.07) is 31.6. The average molecular weight is 519 g/mol. The largest absolute Gasteiger partial charge is 0.470 e. The summed E-state index contributed by atoms with van der Waals surface area (Å²) in [4.78, 5) is 13.3. The van der Waals surface area contributed by atoms with E-state index < -0.39 is 10.0 Å². The molecule has 38 heavy (non-hydrogen) atoms. The second-order valence-electron chi connectivity index (χ2n) is 8.64. The maximum atomic E-state index is 13.8. The van der Waals surface area contributed by atoms with Gasteiger partial charge in [-0.1, -0.05) is 78.9 Å². The van der Waals surface area contributed by atoms with Crippen LogP contribution in [-0.2, 0) is 16.6 Å². The van der Waals surface area contributed by atoms with E-state index >= 15 is 0 Å². The fourth-order valence-electron chi connectivity index (χ4n) is 4.35. The molecule has 8 heteroatoms. The maximum Gasteiger partial charge on any atom is 0.263 e. The first-order valence-electron chi connectivity index (χ1n) is 12.0. The number of benzene rings is 4. The summed E-state index contributed by atoms with van der Waals surface area (Å²) < 4.78 is 36.3. The third-order valence-electron chi connectivity index (χ3n) is 6.12. The van der Waals surface area contributed by atoms with Gasteiger partial charge in [0.1, 0.15) is 6.61 Å². The molecular weight excluding hydrogens is 496 g/mol. The highest BCUT2D eigenvalue weighted by Crippen LogP contribution is 2.35. The topological polar surface area (TPSA) is 94.1 Å². The lowest BCUT2D eigenvalue weighted by atomic mass is 9.98. The summed E-state index contributed by atoms with van der Waals surface area (Å²) in [5.41, 5.74) is 3.36. The second-order valence-corrected chi connectivity index (χ2v) is 10.3. The number of para-hydroxylation sites is 2. The lowest BCUT2D eigenvalue weighted by molar-refractivity contribution is 0.295. The Hall–Kier alpha value is -4.82. The number of hydrogen-bond donors (Lipinski definition) is 1. The van der Waals surface area contributed by atoms with Gasteiger partial charge in [0.25, 0.3) is 15.9 Å². The van der Waals surface area contributed by atoms with E-state index in [0.29, 0.717) is 16.6 Å². The first-order valence-corrected chi connectivity index (χ1v) is 13.5. The Bertz CT molecular complexity index is 1870. The minimum absolute atomic E-state index is 0.0142. The van der Waals surface area contributed by atoms with Gasteiger partial charge in [0.05, 0.1) is 15.9 Å². The number of nitrogens with zero attached hydrogens (tertiary/aromatic N) is 3. The van der Waals surface area contributed by atoms with Gasteiger partial charge in [0, 0.05) is 23.5 Å². The van der Waals surface area contributed by atoms with Crippen LogP contribution in [0.3, 0.4) is 0 Å². The smallest absolute Gasteiger partial charge is 0.263 e. The quantitative estimate of drug-likeness (QED) is 0.269. The van der Waals surface area contributed by atoms with Crippen molar-refractivity contribution in [2.45, 2.75) is 11.5 Å². The zero-order valence-corrected chi connectivity index (χ0v) is 21.0. The number of hydrogen-bond acceptors (Lipinski definition) is 6. The van der Waals surface area contributed by atoms with Crippen molar-refractivity contribution in [3.63, 3.8) is 0 Å². The van der Waals surface area contributed by atoms with Gasteiger partial charge >= 0.3 is 0 Å². The van der Waals surface area contributed by atoms with E-state index in [1.807, 2.05) is 72.8 Å². The van der Waals surface area contributed by atoms with Gasteiger partial charge in [-0.15, -0.1) is 0 Å². The second kappa shape index (κ2) is 9.91. The molecule has 0 amide bonds. The van der Waals surface area contributed by atoms with Crippen LogP contribution in [0.2, 0.25) is 0 Å². The molecule has 0 aliphatic rings. The minimum atomic E-state index is -4.08. The van der Waals surface area contributed by atoms with Gasteiger partial charge in [-0.3, -0.25) is 9.71 Å². The molecule has 0 saturated heterocycles. The van der Waals surface area contributed by atoms with Crippen molar-refractivity contribution >= 4 is 37.6 Å². The first kappa shape index (κ1) is 23.6. The number of sulfonamides is 1. The molecule has 2 heterocycles. The van der Waals surface area contributed by atoms with E-state index in [9.17, 15) is 8.42 Å². The standard InChI is InChI=1S/C30H22N4O3S/c35-38(36,28-17-6-3-13-25(28)24-14-7-11-22-10-1-2-12-23(22)24)34-29-30(37-20-21-9-8-18-31-19-21)33-27-16-5-4-15-26(27)32-29/h1-19H,20H2,(H,32,34). The Balaban J connectivity index is 1.42. The number of ether oxygens (including phenoxy) is 1. The Kier molecular flexibility index (Phi) is 6.15. The lowest BCUT2D eigenvalue weighted by Gasteiger charge is -2.16. The molecule has 4 aromatic carbocycles. The molecule has 186 valence electrons. The maximum absolute atomic E-state index is 13.8. The molecule has 7 nitrogen and oxygen atoms in total. The lowest BCUT2D eigenvalue weighted by Crippen LogP contribution is -2.16. The predicted octanol–water partition coefficient (Wildman–Crippen LogP) is 6.22. The zero-order valence-electron chi connectivity index (χ0n) is 20.2. The van der Waals surface area contributed by atoms with Gasteiger partial charge in [0.15, 0.2) is 0 Å². The summed E-state index contributed by atoms with van der Waals surface area (Å²) >= 11 is 0. The van der Waals surface area contributed by atoms with Crippen molar-refractivity contribution in [2.24, 2.45) is 0 Å². The van der Waals surface area contributed by atoms with Crippen LogP contribution < -0.4 is 9.46 Å². The van der Waals surface area contributed by atoms with Crippen molar-refractivity contribution < 1.29 is 13.2 Å². The van der Waals surface area contributed by atoms with Crippen LogP contribution in [0, 0.1) is 0 Å². The van der Waals surface area contributed by atoms with E-state index in [0.717, 1.165) is 21.9 Å². The van der Waals surface area contributed by atoms with Crippen molar-refractivity contribution in [1.82, 2.24) is 15.0 Å². The molecule has 0 aliphatic heterocycles. The first-order chi connectivity index (χ1) is 18.6. The van der Waals surface area contributed by atoms with Crippen LogP contribution in [0.15, 0.2) is 120 Å². The summed E-state index contributed by atoms with van der Waals surface area (Å²) in [5, 5.41) is 1.99. The van der Waals surface area contributed by atoms with E-state index in [1.54, 1.807) is 42.7 Å². The SMILES string of the molecule is O=S(=O)(Nc1nc2ccccc2nc1OCc1cccnc1)c1ccccc1-c1cccc2ccccc12. The molecule has 2 aromatic heterocycles. The van der Waals surface area contributed by atoms with E-state index in [4.69, 9.17) is 4.74 Å². The Labute approximate surface area is 219 Å². The third-order valence-corrected chi connectivity index (χ3v) is 7.52. The van der Waals surface area contributed by atoms with Crippen molar-refractivity contribution in [3.05, 3.63) is 121 Å². The van der Waals surface area contributed by atoms with E-state index in [1.165, 1.54) is 0 Å². The molecule has 0 atom stereocenters. The van der Waals surface area contributed by atoms with Crippen LogP contribution in [0.25, 0.3) is 32.9 Å². The van der Waals surface area contributed by atoms with Crippen molar-refractivity contribution in [1.29, 1.82) is 0 Å². The van der Waals surface area contributed by atoms with Crippen molar-refractivity contribution in [2.75, 3.05) is 4.72 Å². The summed E-state index contributed by atoms with van der Waals surface area (Å²) in [6.45, 7) is 0.155. The Morgan fingerprint density at radius 2 is 1.42 bits per heavy atom. The highest BCUT2D eigenvalue weighted by Gasteiger charge is 2.23. The molecule has 6 aromatic rings. The fourth-order valence-corrected chi connectivity index (χ4v) is 5.57. The normalized spacial score (nSPS) is 11.5. The van der Waals surface area contributed by atoms with Crippen molar-refractivity contribution in [3.8, 4) is 17.0 Å². The monoisotopic (exact) mass is 518 g/mol. The zero-order chi connectivity index (χ0) is 26.0. The molecule has 0 saturated carbocycles. The molecular formula is C30H22N4O3S. The van der Waals surface area contributed by atoms with Crippen LogP contribution >= 0.6 is 0 Å². The minimum Gasteiger partial charge on any atom is -0.470 e. The molecule has 6 rings (SSSR count).